The molecule has 2 aromatic carbocycles. The summed E-state index contributed by atoms with van der Waals surface area (Å²) >= 11 is 0. The maximum atomic E-state index is 12.5. The topological polar surface area (TPSA) is 121 Å². The van der Waals surface area contributed by atoms with Crippen LogP contribution in [0.15, 0.2) is 52.3 Å². The summed E-state index contributed by atoms with van der Waals surface area (Å²) in [6.45, 7) is 0. The van der Waals surface area contributed by atoms with Gasteiger partial charge in [-0.3, -0.25) is 10.1 Å². The summed E-state index contributed by atoms with van der Waals surface area (Å²) in [7, 11) is -3.99. The zero-order valence-electron chi connectivity index (χ0n) is 11.3. The molecule has 1 aliphatic heterocycles. The van der Waals surface area contributed by atoms with Crippen molar-refractivity contribution < 1.29 is 27.7 Å². The predicted molar refractivity (Wildman–Crippen MR) is 74.7 cm³/mol. The summed E-state index contributed by atoms with van der Waals surface area (Å²) in [5, 5.41) is 10.6. The van der Waals surface area contributed by atoms with Crippen molar-refractivity contribution in [2.45, 2.75) is 9.79 Å². The average Bonchev–Trinajstić information content (AvgIpc) is 2.81. The number of rotatable bonds is 3. The van der Waals surface area contributed by atoms with E-state index in [9.17, 15) is 28.1 Å². The number of cyclic esters (lactones) is 2. The smallest absolute Gasteiger partial charge is 0.346 e. The van der Waals surface area contributed by atoms with Crippen molar-refractivity contribution >= 4 is 27.5 Å². The largest absolute Gasteiger partial charge is 0.386 e. The highest BCUT2D eigenvalue weighted by Gasteiger charge is 2.31. The minimum Gasteiger partial charge on any atom is -0.386 e. The maximum absolute atomic E-state index is 12.5. The molecule has 0 bridgehead atoms. The fourth-order valence-corrected chi connectivity index (χ4v) is 3.40. The van der Waals surface area contributed by atoms with Gasteiger partial charge in [-0.2, -0.15) is 0 Å². The summed E-state index contributed by atoms with van der Waals surface area (Å²) < 4.78 is 29.4. The van der Waals surface area contributed by atoms with Gasteiger partial charge >= 0.3 is 11.9 Å². The molecule has 23 heavy (non-hydrogen) atoms. The Bertz CT molecular complexity index is 961. The number of carbonyl (C=O) groups is 2. The van der Waals surface area contributed by atoms with E-state index in [1.165, 1.54) is 12.1 Å². The van der Waals surface area contributed by atoms with Gasteiger partial charge in [0.05, 0.1) is 25.8 Å². The standard InChI is InChI=1S/C14H7NO7S/c16-13-11-6-5-10(7-12(11)14(17)22-13)23(20,21)9-3-1-8(2-4-9)15(18)19/h1-7H. The third-order valence-electron chi connectivity index (χ3n) is 3.28. The van der Waals surface area contributed by atoms with Crippen LogP contribution in [-0.2, 0) is 14.6 Å². The van der Waals surface area contributed by atoms with Crippen LogP contribution in [0.3, 0.4) is 0 Å². The van der Waals surface area contributed by atoms with E-state index in [1.54, 1.807) is 0 Å². The number of hydrogen-bond acceptors (Lipinski definition) is 7. The molecule has 0 fully saturated rings. The molecule has 0 amide bonds. The van der Waals surface area contributed by atoms with Crippen LogP contribution >= 0.6 is 0 Å². The van der Waals surface area contributed by atoms with Gasteiger partial charge < -0.3 is 4.74 Å². The zero-order valence-corrected chi connectivity index (χ0v) is 12.1. The summed E-state index contributed by atoms with van der Waals surface area (Å²) in [5.41, 5.74) is -0.372. The number of benzene rings is 2. The van der Waals surface area contributed by atoms with Gasteiger partial charge in [-0.1, -0.05) is 0 Å². The van der Waals surface area contributed by atoms with Crippen LogP contribution in [0.5, 0.6) is 0 Å². The lowest BCUT2D eigenvalue weighted by Gasteiger charge is -2.05. The van der Waals surface area contributed by atoms with Crippen LogP contribution in [0.4, 0.5) is 5.69 Å². The Morgan fingerprint density at radius 3 is 2.04 bits per heavy atom. The van der Waals surface area contributed by atoms with Gasteiger partial charge in [-0.05, 0) is 30.3 Å². The predicted octanol–water partition coefficient (Wildman–Crippen LogP) is 1.74. The number of nitro benzene ring substituents is 1. The lowest BCUT2D eigenvalue weighted by atomic mass is 10.1. The summed E-state index contributed by atoms with van der Waals surface area (Å²) in [5.74, 6) is -1.74. The molecule has 9 heteroatoms. The number of ether oxygens (including phenoxy) is 1. The van der Waals surface area contributed by atoms with Gasteiger partial charge in [-0.25, -0.2) is 18.0 Å². The third-order valence-corrected chi connectivity index (χ3v) is 5.05. The monoisotopic (exact) mass is 333 g/mol. The van der Waals surface area contributed by atoms with Crippen molar-refractivity contribution in [3.63, 3.8) is 0 Å². The molecule has 1 heterocycles. The van der Waals surface area contributed by atoms with E-state index in [1.807, 2.05) is 0 Å². The van der Waals surface area contributed by atoms with E-state index in [4.69, 9.17) is 0 Å². The molecule has 1 aliphatic rings. The number of non-ortho nitro benzene ring substituents is 1. The van der Waals surface area contributed by atoms with Crippen molar-refractivity contribution in [2.75, 3.05) is 0 Å². The Morgan fingerprint density at radius 1 is 0.870 bits per heavy atom. The second-order valence-electron chi connectivity index (χ2n) is 4.64. The van der Waals surface area contributed by atoms with E-state index in [2.05, 4.69) is 4.74 Å². The lowest BCUT2D eigenvalue weighted by molar-refractivity contribution is -0.384. The van der Waals surface area contributed by atoms with Crippen LogP contribution in [0, 0.1) is 10.1 Å². The number of nitro groups is 1. The molecule has 0 aromatic heterocycles. The van der Waals surface area contributed by atoms with Crippen molar-refractivity contribution in [2.24, 2.45) is 0 Å². The molecule has 0 radical (unpaired) electrons. The first-order chi connectivity index (χ1) is 10.8. The first-order valence-corrected chi connectivity index (χ1v) is 7.69. The van der Waals surface area contributed by atoms with E-state index >= 15 is 0 Å². The molecule has 2 aromatic rings. The number of hydrogen-bond donors (Lipinski definition) is 0. The maximum Gasteiger partial charge on any atom is 0.346 e. The SMILES string of the molecule is O=C1OC(=O)c2cc(S(=O)(=O)c3ccc([N+](=O)[O-])cc3)ccc21. The van der Waals surface area contributed by atoms with Gasteiger partial charge in [0.2, 0.25) is 9.84 Å². The molecule has 0 saturated carbocycles. The second-order valence-corrected chi connectivity index (χ2v) is 6.59. The van der Waals surface area contributed by atoms with Gasteiger partial charge in [-0.15, -0.1) is 0 Å². The van der Waals surface area contributed by atoms with Crippen LogP contribution in [0.2, 0.25) is 0 Å². The fraction of sp³-hybridized carbons (Fsp3) is 0. The molecule has 8 nitrogen and oxygen atoms in total. The number of carbonyl (C=O) groups excluding carboxylic acids is 2. The first-order valence-electron chi connectivity index (χ1n) is 6.21. The molecule has 0 spiro atoms. The van der Waals surface area contributed by atoms with Crippen LogP contribution in [0.1, 0.15) is 20.7 Å². The number of nitrogens with zero attached hydrogens (tertiary/aromatic N) is 1. The van der Waals surface area contributed by atoms with Crippen molar-refractivity contribution in [3.8, 4) is 0 Å². The lowest BCUT2D eigenvalue weighted by Crippen LogP contribution is -2.04. The Morgan fingerprint density at radius 2 is 1.43 bits per heavy atom. The summed E-state index contributed by atoms with van der Waals surface area (Å²) in [6.07, 6.45) is 0. The van der Waals surface area contributed by atoms with Crippen molar-refractivity contribution in [1.29, 1.82) is 0 Å². The quantitative estimate of drug-likeness (QED) is 0.363. The Labute approximate surface area is 129 Å². The number of fused-ring (bicyclic) bond motifs is 1. The zero-order chi connectivity index (χ0) is 16.8. The minimum absolute atomic E-state index is 0.00218. The molecule has 0 atom stereocenters. The van der Waals surface area contributed by atoms with Crippen LogP contribution < -0.4 is 0 Å². The van der Waals surface area contributed by atoms with Crippen LogP contribution in [-0.4, -0.2) is 25.3 Å². The van der Waals surface area contributed by atoms with Crippen molar-refractivity contribution in [3.05, 3.63) is 63.7 Å². The Kier molecular flexibility index (Phi) is 3.22. The highest BCUT2D eigenvalue weighted by molar-refractivity contribution is 7.91. The summed E-state index contributed by atoms with van der Waals surface area (Å²) in [6, 6.07) is 7.76. The molecule has 0 unspecified atom stereocenters. The molecular weight excluding hydrogens is 326 g/mol. The Hall–Kier alpha value is -3.07. The first kappa shape index (κ1) is 14.9. The number of sulfone groups is 1. The van der Waals surface area contributed by atoms with Crippen LogP contribution in [0.25, 0.3) is 0 Å². The molecule has 3 rings (SSSR count). The van der Waals surface area contributed by atoms with E-state index in [0.29, 0.717) is 0 Å². The third kappa shape index (κ3) is 2.36. The highest BCUT2D eigenvalue weighted by Crippen LogP contribution is 2.27. The van der Waals surface area contributed by atoms with Gasteiger partial charge in [0.15, 0.2) is 0 Å². The number of esters is 2. The van der Waals surface area contributed by atoms with Gasteiger partial charge in [0.1, 0.15) is 0 Å². The molecule has 0 N–H and O–H groups in total. The molecular formula is C14H7NO7S. The fourth-order valence-electron chi connectivity index (χ4n) is 2.11. The molecule has 116 valence electrons. The van der Waals surface area contributed by atoms with E-state index in [-0.39, 0.29) is 26.6 Å². The Balaban J connectivity index is 2.07. The molecule has 0 saturated heterocycles. The van der Waals surface area contributed by atoms with Crippen molar-refractivity contribution in [1.82, 2.24) is 0 Å². The average molecular weight is 333 g/mol. The normalized spacial score (nSPS) is 13.6. The molecule has 0 aliphatic carbocycles. The minimum atomic E-state index is -3.99. The second kappa shape index (κ2) is 4.99. The van der Waals surface area contributed by atoms with Gasteiger partial charge in [0, 0.05) is 12.1 Å². The van der Waals surface area contributed by atoms with Gasteiger partial charge in [0.25, 0.3) is 5.69 Å². The highest BCUT2D eigenvalue weighted by atomic mass is 32.2. The van der Waals surface area contributed by atoms with E-state index in [0.717, 1.165) is 30.3 Å². The summed E-state index contributed by atoms with van der Waals surface area (Å²) in [4.78, 5) is 32.4. The van der Waals surface area contributed by atoms with E-state index < -0.39 is 26.7 Å².